The van der Waals surface area contributed by atoms with E-state index in [2.05, 4.69) is 15.0 Å². The van der Waals surface area contributed by atoms with E-state index in [1.54, 1.807) is 29.7 Å². The van der Waals surface area contributed by atoms with Gasteiger partial charge in [0.2, 0.25) is 0 Å². The van der Waals surface area contributed by atoms with Crippen molar-refractivity contribution in [1.29, 1.82) is 0 Å². The molecule has 9 nitrogen and oxygen atoms in total. The highest BCUT2D eigenvalue weighted by atomic mass is 32.2. The summed E-state index contributed by atoms with van der Waals surface area (Å²) in [5, 5.41) is 12.7. The van der Waals surface area contributed by atoms with Gasteiger partial charge in [-0.05, 0) is 61.2 Å². The molecular weight excluding hydrogens is 587 g/mol. The summed E-state index contributed by atoms with van der Waals surface area (Å²) < 4.78 is 78.6. The summed E-state index contributed by atoms with van der Waals surface area (Å²) in [5.74, 6) is -0.708. The quantitative estimate of drug-likeness (QED) is 0.272. The van der Waals surface area contributed by atoms with E-state index >= 15 is 4.39 Å². The molecule has 1 saturated carbocycles. The number of fused-ring (bicyclic) bond motifs is 2. The molecular formula is C30H28F3N3O6S. The number of amides is 1. The normalized spacial score (nSPS) is 17.4. The third-order valence-electron chi connectivity index (χ3n) is 7.91. The SMILES string of the molecule is CCS(=O)(=O)c1ccc([C@H](CO)NC(=O)c2ccc3c(c2)nc(C2(F)CCC2)n3Cc2cccc3c2OC(F)(F)O3)cc1. The number of halogens is 3. The lowest BCUT2D eigenvalue weighted by molar-refractivity contribution is -0.287. The van der Waals surface area contributed by atoms with Crippen molar-refractivity contribution in [2.24, 2.45) is 0 Å². The van der Waals surface area contributed by atoms with E-state index < -0.39 is 40.4 Å². The fourth-order valence-electron chi connectivity index (χ4n) is 5.35. The van der Waals surface area contributed by atoms with E-state index in [0.717, 1.165) is 0 Å². The second kappa shape index (κ2) is 10.6. The minimum absolute atomic E-state index is 0.0258. The molecule has 0 saturated heterocycles. The first kappa shape index (κ1) is 29.0. The molecule has 1 atom stereocenters. The Morgan fingerprint density at radius 2 is 1.84 bits per heavy atom. The largest absolute Gasteiger partial charge is 0.586 e. The first-order valence-corrected chi connectivity index (χ1v) is 15.4. The average molecular weight is 616 g/mol. The van der Waals surface area contributed by atoms with Crippen molar-refractivity contribution in [1.82, 2.24) is 14.9 Å². The molecule has 226 valence electrons. The molecule has 1 aliphatic carbocycles. The summed E-state index contributed by atoms with van der Waals surface area (Å²) in [4.78, 5) is 17.9. The molecule has 0 unspecified atom stereocenters. The fraction of sp³-hybridized carbons (Fsp3) is 0.333. The number of carbonyl (C=O) groups excluding carboxylic acids is 1. The summed E-state index contributed by atoms with van der Waals surface area (Å²) in [5.41, 5.74) is 0.172. The van der Waals surface area contributed by atoms with Gasteiger partial charge in [-0.25, -0.2) is 17.8 Å². The summed E-state index contributed by atoms with van der Waals surface area (Å²) in [6.45, 7) is 1.08. The lowest BCUT2D eigenvalue weighted by Gasteiger charge is -2.33. The van der Waals surface area contributed by atoms with Crippen LogP contribution in [0.1, 0.15) is 59.5 Å². The van der Waals surface area contributed by atoms with Crippen molar-refractivity contribution >= 4 is 26.8 Å². The Morgan fingerprint density at radius 3 is 2.49 bits per heavy atom. The standard InChI is InChI=1S/C30H28F3N3O6S/c1-2-43(39,40)21-10-7-18(8-11-21)23(17-37)34-27(38)19-9-12-24-22(15-19)35-28(29(31)13-4-14-29)36(24)16-20-5-3-6-25-26(20)42-30(32,33)41-25/h3,5-12,15,23,37H,2,4,13-14,16-17H2,1H3,(H,34,38)/t23-/m0/s1. The van der Waals surface area contributed by atoms with Crippen molar-refractivity contribution in [2.75, 3.05) is 12.4 Å². The van der Waals surface area contributed by atoms with Crippen LogP contribution in [0.25, 0.3) is 11.0 Å². The number of aromatic nitrogens is 2. The van der Waals surface area contributed by atoms with Gasteiger partial charge in [-0.1, -0.05) is 31.2 Å². The molecule has 0 radical (unpaired) electrons. The summed E-state index contributed by atoms with van der Waals surface area (Å²) >= 11 is 0. The van der Waals surface area contributed by atoms with Crippen LogP contribution >= 0.6 is 0 Å². The van der Waals surface area contributed by atoms with Gasteiger partial charge in [-0.2, -0.15) is 0 Å². The van der Waals surface area contributed by atoms with Gasteiger partial charge in [-0.15, -0.1) is 8.78 Å². The lowest BCUT2D eigenvalue weighted by Crippen LogP contribution is -2.32. The van der Waals surface area contributed by atoms with E-state index in [-0.39, 0.29) is 52.9 Å². The van der Waals surface area contributed by atoms with Gasteiger partial charge < -0.3 is 24.5 Å². The number of carbonyl (C=O) groups is 1. The van der Waals surface area contributed by atoms with E-state index in [1.165, 1.54) is 42.5 Å². The van der Waals surface area contributed by atoms with E-state index in [0.29, 0.717) is 28.6 Å². The van der Waals surface area contributed by atoms with Crippen molar-refractivity contribution in [3.63, 3.8) is 0 Å². The predicted molar refractivity (Wildman–Crippen MR) is 150 cm³/mol. The number of ether oxygens (including phenoxy) is 2. The Hall–Kier alpha value is -4.10. The molecule has 43 heavy (non-hydrogen) atoms. The molecule has 2 heterocycles. The Labute approximate surface area is 245 Å². The van der Waals surface area contributed by atoms with Gasteiger partial charge in [0.05, 0.1) is 40.9 Å². The van der Waals surface area contributed by atoms with Crippen LogP contribution in [0.15, 0.2) is 65.6 Å². The summed E-state index contributed by atoms with van der Waals surface area (Å²) in [6, 6.07) is 14.2. The van der Waals surface area contributed by atoms with Gasteiger partial charge in [0.25, 0.3) is 5.91 Å². The highest BCUT2D eigenvalue weighted by molar-refractivity contribution is 7.91. The van der Waals surface area contributed by atoms with Gasteiger partial charge in [0.1, 0.15) is 5.82 Å². The topological polar surface area (TPSA) is 120 Å². The molecule has 2 aliphatic rings. The van der Waals surface area contributed by atoms with Gasteiger partial charge in [0.15, 0.2) is 27.0 Å². The van der Waals surface area contributed by atoms with Crippen LogP contribution in [0.2, 0.25) is 0 Å². The highest BCUT2D eigenvalue weighted by Crippen LogP contribution is 2.47. The number of para-hydroxylation sites is 1. The molecule has 1 aliphatic heterocycles. The molecule has 2 N–H and O–H groups in total. The number of alkyl halides is 3. The number of sulfone groups is 1. The van der Waals surface area contributed by atoms with Crippen molar-refractivity contribution in [3.05, 3.63) is 83.2 Å². The summed E-state index contributed by atoms with van der Waals surface area (Å²) in [7, 11) is -3.40. The molecule has 3 aromatic carbocycles. The van der Waals surface area contributed by atoms with Crippen molar-refractivity contribution < 1.29 is 41.0 Å². The maximum atomic E-state index is 15.8. The highest BCUT2D eigenvalue weighted by Gasteiger charge is 2.46. The monoisotopic (exact) mass is 615 g/mol. The van der Waals surface area contributed by atoms with Crippen LogP contribution in [0.4, 0.5) is 13.2 Å². The second-order valence-corrected chi connectivity index (χ2v) is 12.9. The second-order valence-electron chi connectivity index (χ2n) is 10.6. The number of hydrogen-bond donors (Lipinski definition) is 2. The number of aliphatic hydroxyl groups excluding tert-OH is 1. The molecule has 0 spiro atoms. The van der Waals surface area contributed by atoms with Gasteiger partial charge in [-0.3, -0.25) is 4.79 Å². The number of nitrogens with zero attached hydrogens (tertiary/aromatic N) is 2. The zero-order chi connectivity index (χ0) is 30.6. The Balaban J connectivity index is 1.30. The average Bonchev–Trinajstić information content (AvgIpc) is 3.50. The van der Waals surface area contributed by atoms with Crippen LogP contribution in [-0.4, -0.2) is 47.6 Å². The number of rotatable bonds is 9. The number of benzene rings is 3. The first-order chi connectivity index (χ1) is 20.4. The van der Waals surface area contributed by atoms with E-state index in [9.17, 15) is 27.1 Å². The molecule has 1 aromatic heterocycles. The Kier molecular flexibility index (Phi) is 7.12. The molecule has 1 amide bonds. The van der Waals surface area contributed by atoms with Gasteiger partial charge >= 0.3 is 6.29 Å². The molecule has 1 fully saturated rings. The third-order valence-corrected chi connectivity index (χ3v) is 9.66. The Bertz CT molecular complexity index is 1820. The van der Waals surface area contributed by atoms with Crippen LogP contribution < -0.4 is 14.8 Å². The van der Waals surface area contributed by atoms with E-state index in [4.69, 9.17) is 4.74 Å². The minimum atomic E-state index is -3.81. The molecule has 4 aromatic rings. The van der Waals surface area contributed by atoms with E-state index in [1.807, 2.05) is 0 Å². The predicted octanol–water partition coefficient (Wildman–Crippen LogP) is 5.01. The number of imidazole rings is 1. The fourth-order valence-corrected chi connectivity index (χ4v) is 6.24. The minimum Gasteiger partial charge on any atom is -0.395 e. The van der Waals surface area contributed by atoms with Crippen molar-refractivity contribution in [3.8, 4) is 11.5 Å². The van der Waals surface area contributed by atoms with Crippen LogP contribution in [0.3, 0.4) is 0 Å². The Morgan fingerprint density at radius 1 is 1.09 bits per heavy atom. The smallest absolute Gasteiger partial charge is 0.395 e. The zero-order valence-electron chi connectivity index (χ0n) is 23.0. The van der Waals surface area contributed by atoms with Crippen LogP contribution in [0.5, 0.6) is 11.5 Å². The number of aliphatic hydroxyl groups is 1. The molecule has 13 heteroatoms. The zero-order valence-corrected chi connectivity index (χ0v) is 23.8. The van der Waals surface area contributed by atoms with Gasteiger partial charge in [0, 0.05) is 11.1 Å². The molecule has 0 bridgehead atoms. The van der Waals surface area contributed by atoms with Crippen molar-refractivity contribution in [2.45, 2.75) is 55.6 Å². The molecule has 6 rings (SSSR count). The first-order valence-electron chi connectivity index (χ1n) is 13.7. The maximum absolute atomic E-state index is 15.8. The van der Waals surface area contributed by atoms with Crippen LogP contribution in [0, 0.1) is 0 Å². The number of nitrogens with one attached hydrogen (secondary N) is 1. The number of hydrogen-bond acceptors (Lipinski definition) is 7. The third kappa shape index (κ3) is 5.31. The lowest BCUT2D eigenvalue weighted by atomic mass is 9.81. The maximum Gasteiger partial charge on any atom is 0.586 e. The summed E-state index contributed by atoms with van der Waals surface area (Å²) in [6.07, 6.45) is -2.63. The van der Waals surface area contributed by atoms with Crippen LogP contribution in [-0.2, 0) is 22.1 Å².